The molecule has 4 atom stereocenters. The Morgan fingerprint density at radius 2 is 1.40 bits per heavy atom. The number of Topliss-reactive ketones (excluding diaryl/α,β-unsaturated/α-hetero) is 1. The number of anilines is 2. The number of benzene rings is 3. The zero-order valence-corrected chi connectivity index (χ0v) is 22.1. The molecular weight excluding hydrogens is 518 g/mol. The molecule has 1 aliphatic carbocycles. The number of rotatable bonds is 8. The largest absolute Gasteiger partial charge is 0.495 e. The number of ether oxygens (including phenoxy) is 2. The Labute approximate surface area is 230 Å². The molecule has 0 radical (unpaired) electrons. The van der Waals surface area contributed by atoms with E-state index in [1.54, 1.807) is 48.5 Å². The van der Waals surface area contributed by atoms with E-state index < -0.39 is 52.3 Å². The summed E-state index contributed by atoms with van der Waals surface area (Å²) in [6, 6.07) is 18.6. The predicted molar refractivity (Wildman–Crippen MR) is 146 cm³/mol. The lowest BCUT2D eigenvalue weighted by atomic mass is 9.61. The summed E-state index contributed by atoms with van der Waals surface area (Å²) in [4.78, 5) is 51.7. The topological polar surface area (TPSA) is 157 Å². The van der Waals surface area contributed by atoms with Crippen molar-refractivity contribution in [3.05, 3.63) is 88.5 Å². The Kier molecular flexibility index (Phi) is 8.15. The summed E-state index contributed by atoms with van der Waals surface area (Å²) in [5, 5.41) is 28.2. The second-order valence-electron chi connectivity index (χ2n) is 9.71. The van der Waals surface area contributed by atoms with E-state index in [0.29, 0.717) is 28.4 Å². The van der Waals surface area contributed by atoms with Crippen LogP contribution in [0.5, 0.6) is 11.5 Å². The van der Waals surface area contributed by atoms with Crippen molar-refractivity contribution in [2.75, 3.05) is 24.9 Å². The molecule has 1 fully saturated rings. The zero-order valence-electron chi connectivity index (χ0n) is 22.1. The third-order valence-electron chi connectivity index (χ3n) is 7.05. The molecule has 0 heterocycles. The van der Waals surface area contributed by atoms with Gasteiger partial charge >= 0.3 is 0 Å². The molecule has 208 valence electrons. The molecule has 3 N–H and O–H groups in total. The van der Waals surface area contributed by atoms with Gasteiger partial charge in [-0.15, -0.1) is 0 Å². The molecular formula is C29H29N3O8. The van der Waals surface area contributed by atoms with E-state index in [0.717, 1.165) is 0 Å². The number of nitrogens with one attached hydrogen (secondary N) is 2. The number of methoxy groups -OCH3 is 2. The van der Waals surface area contributed by atoms with Gasteiger partial charge < -0.3 is 25.2 Å². The number of non-ortho nitro benzene ring substituents is 1. The second-order valence-corrected chi connectivity index (χ2v) is 9.71. The molecule has 0 bridgehead atoms. The van der Waals surface area contributed by atoms with Crippen LogP contribution in [0.25, 0.3) is 0 Å². The number of carbonyl (C=O) groups is 3. The van der Waals surface area contributed by atoms with Gasteiger partial charge in [-0.05, 0) is 36.8 Å². The maximum atomic E-state index is 13.8. The zero-order chi connectivity index (χ0) is 29.0. The van der Waals surface area contributed by atoms with Crippen LogP contribution in [0.4, 0.5) is 17.1 Å². The smallest absolute Gasteiger partial charge is 0.269 e. The second kappa shape index (κ2) is 11.5. The first kappa shape index (κ1) is 28.2. The lowest BCUT2D eigenvalue weighted by molar-refractivity contribution is -0.384. The number of hydrogen-bond donors (Lipinski definition) is 3. The number of ketones is 1. The third kappa shape index (κ3) is 5.64. The van der Waals surface area contributed by atoms with Crippen LogP contribution in [-0.4, -0.2) is 47.4 Å². The fourth-order valence-electron chi connectivity index (χ4n) is 5.23. The monoisotopic (exact) mass is 547 g/mol. The molecule has 1 saturated carbocycles. The van der Waals surface area contributed by atoms with Crippen molar-refractivity contribution in [2.45, 2.75) is 24.9 Å². The van der Waals surface area contributed by atoms with Crippen molar-refractivity contribution in [2.24, 2.45) is 11.8 Å². The summed E-state index contributed by atoms with van der Waals surface area (Å²) >= 11 is 0. The first-order valence-corrected chi connectivity index (χ1v) is 12.4. The normalized spacial score (nSPS) is 22.2. The summed E-state index contributed by atoms with van der Waals surface area (Å²) in [7, 11) is 2.88. The van der Waals surface area contributed by atoms with Gasteiger partial charge in [0.2, 0.25) is 11.8 Å². The Bertz CT molecular complexity index is 1440. The molecule has 3 aromatic carbocycles. The Morgan fingerprint density at radius 1 is 0.900 bits per heavy atom. The van der Waals surface area contributed by atoms with Gasteiger partial charge in [-0.1, -0.05) is 36.4 Å². The van der Waals surface area contributed by atoms with Crippen LogP contribution in [0.2, 0.25) is 0 Å². The molecule has 3 aromatic rings. The van der Waals surface area contributed by atoms with Crippen molar-refractivity contribution in [3.8, 4) is 11.5 Å². The summed E-state index contributed by atoms with van der Waals surface area (Å²) in [6.07, 6.45) is -0.468. The number of carbonyl (C=O) groups excluding carboxylic acids is 3. The maximum Gasteiger partial charge on any atom is 0.269 e. The number of nitro benzene ring substituents is 1. The minimum atomic E-state index is -1.85. The SMILES string of the molecule is COc1ccccc1NC(=O)[C@H]1C(=O)C[C@](C)(O)[C@@H](C(=O)Nc2ccccc2OC)[C@H]1c1ccc([N+](=O)[O-])cc1. The van der Waals surface area contributed by atoms with Crippen molar-refractivity contribution in [1.82, 2.24) is 0 Å². The molecule has 11 nitrogen and oxygen atoms in total. The molecule has 4 rings (SSSR count). The summed E-state index contributed by atoms with van der Waals surface area (Å²) in [6.45, 7) is 1.37. The third-order valence-corrected chi connectivity index (χ3v) is 7.05. The van der Waals surface area contributed by atoms with E-state index in [1.165, 1.54) is 45.4 Å². The fraction of sp³-hybridized carbons (Fsp3) is 0.276. The Morgan fingerprint density at radius 3 is 1.90 bits per heavy atom. The summed E-state index contributed by atoms with van der Waals surface area (Å²) in [5.41, 5.74) is -1.10. The van der Waals surface area contributed by atoms with Gasteiger partial charge in [0.05, 0.1) is 42.0 Å². The van der Waals surface area contributed by atoms with Crippen LogP contribution in [-0.2, 0) is 14.4 Å². The number of aliphatic hydroxyl groups is 1. The van der Waals surface area contributed by atoms with Crippen LogP contribution in [0.3, 0.4) is 0 Å². The summed E-state index contributed by atoms with van der Waals surface area (Å²) in [5.74, 6) is -5.07. The number of nitrogens with zero attached hydrogens (tertiary/aromatic N) is 1. The number of para-hydroxylation sites is 4. The maximum absolute atomic E-state index is 13.8. The van der Waals surface area contributed by atoms with E-state index in [4.69, 9.17) is 9.47 Å². The van der Waals surface area contributed by atoms with Crippen molar-refractivity contribution < 1.29 is 33.9 Å². The van der Waals surface area contributed by atoms with E-state index in [2.05, 4.69) is 10.6 Å². The van der Waals surface area contributed by atoms with Crippen molar-refractivity contribution in [3.63, 3.8) is 0 Å². The quantitative estimate of drug-likeness (QED) is 0.218. The van der Waals surface area contributed by atoms with Crippen LogP contribution in [0.1, 0.15) is 24.8 Å². The van der Waals surface area contributed by atoms with Gasteiger partial charge in [0.1, 0.15) is 23.2 Å². The molecule has 0 saturated heterocycles. The molecule has 11 heteroatoms. The van der Waals surface area contributed by atoms with Gasteiger partial charge in [-0.3, -0.25) is 24.5 Å². The lowest BCUT2D eigenvalue weighted by Crippen LogP contribution is -2.56. The fourth-order valence-corrected chi connectivity index (χ4v) is 5.23. The van der Waals surface area contributed by atoms with Crippen molar-refractivity contribution >= 4 is 34.7 Å². The highest BCUT2D eigenvalue weighted by atomic mass is 16.6. The lowest BCUT2D eigenvalue weighted by Gasteiger charge is -2.44. The molecule has 0 unspecified atom stereocenters. The average Bonchev–Trinajstić information content (AvgIpc) is 2.92. The highest BCUT2D eigenvalue weighted by Gasteiger charge is 2.56. The standard InChI is InChI=1S/C29H29N3O8/c1-29(36)16-21(33)25(27(34)30-19-8-4-6-10-22(19)39-2)24(17-12-14-18(15-13-17)32(37)38)26(29)28(35)31-20-9-5-7-11-23(20)40-3/h4-15,24-26,36H,16H2,1-3H3,(H,30,34)(H,31,35)/t24-,25-,26+,29-/m0/s1. The molecule has 0 aliphatic heterocycles. The van der Waals surface area contributed by atoms with Gasteiger partial charge in [0, 0.05) is 24.5 Å². The van der Waals surface area contributed by atoms with E-state index >= 15 is 0 Å². The van der Waals surface area contributed by atoms with Crippen molar-refractivity contribution in [1.29, 1.82) is 0 Å². The first-order chi connectivity index (χ1) is 19.1. The molecule has 0 spiro atoms. The molecule has 0 aromatic heterocycles. The molecule has 1 aliphatic rings. The molecule has 2 amide bonds. The minimum Gasteiger partial charge on any atom is -0.495 e. The number of nitro groups is 1. The van der Waals surface area contributed by atoms with Crippen LogP contribution >= 0.6 is 0 Å². The first-order valence-electron chi connectivity index (χ1n) is 12.4. The minimum absolute atomic E-state index is 0.206. The van der Waals surface area contributed by atoms with Crippen LogP contribution in [0, 0.1) is 22.0 Å². The number of hydrogen-bond acceptors (Lipinski definition) is 8. The summed E-state index contributed by atoms with van der Waals surface area (Å²) < 4.78 is 10.6. The Balaban J connectivity index is 1.80. The predicted octanol–water partition coefficient (Wildman–Crippen LogP) is 3.93. The van der Waals surface area contributed by atoms with Crippen LogP contribution < -0.4 is 20.1 Å². The molecule has 40 heavy (non-hydrogen) atoms. The van der Waals surface area contributed by atoms with E-state index in [9.17, 15) is 29.6 Å². The van der Waals surface area contributed by atoms with Gasteiger partial charge in [0.15, 0.2) is 0 Å². The Hall–Kier alpha value is -4.77. The highest BCUT2D eigenvalue weighted by molar-refractivity contribution is 6.11. The average molecular weight is 548 g/mol. The van der Waals surface area contributed by atoms with E-state index in [-0.39, 0.29) is 5.69 Å². The van der Waals surface area contributed by atoms with Crippen LogP contribution in [0.15, 0.2) is 72.8 Å². The van der Waals surface area contributed by atoms with Gasteiger partial charge in [-0.25, -0.2) is 0 Å². The van der Waals surface area contributed by atoms with Gasteiger partial charge in [-0.2, -0.15) is 0 Å². The number of amides is 2. The highest BCUT2D eigenvalue weighted by Crippen LogP contribution is 2.47. The van der Waals surface area contributed by atoms with Gasteiger partial charge in [0.25, 0.3) is 5.69 Å². The van der Waals surface area contributed by atoms with E-state index in [1.807, 2.05) is 0 Å².